The van der Waals surface area contributed by atoms with Crippen LogP contribution in [0.15, 0.2) is 88.5 Å². The van der Waals surface area contributed by atoms with Crippen LogP contribution in [0, 0.1) is 5.92 Å². The normalized spacial score (nSPS) is 19.6. The van der Waals surface area contributed by atoms with Gasteiger partial charge in [0.05, 0.1) is 30.2 Å². The number of hydrogen-bond acceptors (Lipinski definition) is 6. The molecule has 0 saturated carbocycles. The molecule has 1 amide bonds. The lowest BCUT2D eigenvalue weighted by Gasteiger charge is -2.37. The van der Waals surface area contributed by atoms with Gasteiger partial charge in [0.1, 0.15) is 0 Å². The third kappa shape index (κ3) is 6.12. The Labute approximate surface area is 241 Å². The molecule has 3 atom stereocenters. The molecule has 3 aromatic rings. The van der Waals surface area contributed by atoms with Crippen molar-refractivity contribution in [1.29, 1.82) is 0 Å². The highest BCUT2D eigenvalue weighted by Crippen LogP contribution is 2.50. The van der Waals surface area contributed by atoms with E-state index in [0.29, 0.717) is 17.2 Å². The van der Waals surface area contributed by atoms with Crippen LogP contribution in [-0.4, -0.2) is 30.5 Å². The van der Waals surface area contributed by atoms with Crippen LogP contribution in [0.25, 0.3) is 0 Å². The summed E-state index contributed by atoms with van der Waals surface area (Å²) in [5.74, 6) is 1.29. The van der Waals surface area contributed by atoms with Gasteiger partial charge in [0.2, 0.25) is 5.91 Å². The molecule has 200 valence electrons. The van der Waals surface area contributed by atoms with Crippen molar-refractivity contribution in [3.8, 4) is 0 Å². The number of allylic oxidation sites excluding steroid dienone is 2. The Morgan fingerprint density at radius 1 is 1.10 bits per heavy atom. The van der Waals surface area contributed by atoms with E-state index in [2.05, 4.69) is 62.1 Å². The third-order valence-corrected chi connectivity index (χ3v) is 9.02. The van der Waals surface area contributed by atoms with E-state index in [4.69, 9.17) is 4.74 Å². The predicted molar refractivity (Wildman–Crippen MR) is 161 cm³/mol. The van der Waals surface area contributed by atoms with E-state index < -0.39 is 0 Å². The molecule has 0 spiro atoms. The summed E-state index contributed by atoms with van der Waals surface area (Å²) in [4.78, 5) is 24.2. The van der Waals surface area contributed by atoms with Crippen LogP contribution < -0.4 is 10.7 Å². The summed E-state index contributed by atoms with van der Waals surface area (Å²) in [7, 11) is 1.39. The maximum absolute atomic E-state index is 12.4. The number of halogens is 1. The van der Waals surface area contributed by atoms with Crippen molar-refractivity contribution >= 4 is 51.0 Å². The minimum absolute atomic E-state index is 0.120. The molecule has 0 bridgehead atoms. The fraction of sp³-hybridized carbons (Fsp3) is 0.258. The zero-order valence-electron chi connectivity index (χ0n) is 21.8. The largest absolute Gasteiger partial charge is 0.465 e. The number of hydrogen-bond donors (Lipinski definition) is 2. The number of thioether (sulfide) groups is 1. The van der Waals surface area contributed by atoms with Gasteiger partial charge in [-0.25, -0.2) is 10.2 Å². The molecule has 3 aromatic carbocycles. The second-order valence-electron chi connectivity index (χ2n) is 9.71. The number of hydrazone groups is 1. The molecule has 1 aliphatic heterocycles. The van der Waals surface area contributed by atoms with Crippen molar-refractivity contribution in [1.82, 2.24) is 5.43 Å². The average molecular weight is 605 g/mol. The summed E-state index contributed by atoms with van der Waals surface area (Å²) in [6.07, 6.45) is 5.52. The number of ether oxygens (including phenoxy) is 1. The number of methoxy groups -OCH3 is 1. The van der Waals surface area contributed by atoms with Crippen molar-refractivity contribution in [2.45, 2.75) is 31.1 Å². The Morgan fingerprint density at radius 2 is 1.87 bits per heavy atom. The van der Waals surface area contributed by atoms with E-state index in [1.165, 1.54) is 12.7 Å². The highest BCUT2D eigenvalue weighted by molar-refractivity contribution is 9.10. The summed E-state index contributed by atoms with van der Waals surface area (Å²) < 4.78 is 5.89. The Hall–Kier alpha value is -3.36. The molecular weight excluding hydrogens is 574 g/mol. The number of rotatable bonds is 8. The Kier molecular flexibility index (Phi) is 8.53. The standard InChI is InChI=1S/C31H30BrN3O3S/c1-19(34-35-29(36)18-39-17-23-6-3-4-9-27(23)32)22-14-15-28-26(16-22)24-7-5-8-25(24)30(33-28)20-10-12-21(13-11-20)31(37)38-2/h3-7,9-16,24-25,30,33H,8,17-18H2,1-2H3,(H,35,36)/b34-19-/t24-,25+,30+/m1/s1. The lowest BCUT2D eigenvalue weighted by atomic mass is 9.76. The molecule has 6 nitrogen and oxygen atoms in total. The van der Waals surface area contributed by atoms with E-state index in [9.17, 15) is 9.59 Å². The molecule has 0 aromatic heterocycles. The molecular formula is C31H30BrN3O3S. The molecule has 2 aliphatic rings. The second kappa shape index (κ2) is 12.2. The molecule has 0 fully saturated rings. The van der Waals surface area contributed by atoms with Gasteiger partial charge in [-0.1, -0.05) is 64.5 Å². The SMILES string of the molecule is COC(=O)c1ccc([C@@H]2Nc3ccc(/C(C)=N\NC(=O)CSCc4ccccc4Br)cc3[C@@H]3C=CC[C@@H]32)cc1. The third-order valence-electron chi connectivity index (χ3n) is 7.27. The zero-order valence-corrected chi connectivity index (χ0v) is 24.2. The average Bonchev–Trinajstić information content (AvgIpc) is 3.46. The van der Waals surface area contributed by atoms with Crippen LogP contribution in [-0.2, 0) is 15.3 Å². The van der Waals surface area contributed by atoms with E-state index in [0.717, 1.165) is 44.7 Å². The topological polar surface area (TPSA) is 79.8 Å². The van der Waals surface area contributed by atoms with Crippen molar-refractivity contribution in [3.63, 3.8) is 0 Å². The van der Waals surface area contributed by atoms with Crippen molar-refractivity contribution in [2.24, 2.45) is 11.0 Å². The first kappa shape index (κ1) is 27.2. The quantitative estimate of drug-likeness (QED) is 0.128. The molecule has 0 saturated heterocycles. The van der Waals surface area contributed by atoms with Crippen LogP contribution in [0.1, 0.15) is 57.9 Å². The highest BCUT2D eigenvalue weighted by atomic mass is 79.9. The summed E-state index contributed by atoms with van der Waals surface area (Å²) in [6.45, 7) is 1.92. The van der Waals surface area contributed by atoms with Gasteiger partial charge in [0.15, 0.2) is 0 Å². The van der Waals surface area contributed by atoms with Gasteiger partial charge >= 0.3 is 5.97 Å². The lowest BCUT2D eigenvalue weighted by molar-refractivity contribution is -0.118. The zero-order chi connectivity index (χ0) is 27.4. The Bertz CT molecular complexity index is 1440. The van der Waals surface area contributed by atoms with Gasteiger partial charge in [0.25, 0.3) is 0 Å². The number of fused-ring (bicyclic) bond motifs is 3. The Balaban J connectivity index is 1.25. The maximum Gasteiger partial charge on any atom is 0.337 e. The molecule has 39 heavy (non-hydrogen) atoms. The van der Waals surface area contributed by atoms with Crippen LogP contribution in [0.5, 0.6) is 0 Å². The fourth-order valence-electron chi connectivity index (χ4n) is 5.21. The van der Waals surface area contributed by atoms with Crippen LogP contribution in [0.2, 0.25) is 0 Å². The lowest BCUT2D eigenvalue weighted by Crippen LogP contribution is -2.29. The van der Waals surface area contributed by atoms with Crippen LogP contribution in [0.4, 0.5) is 5.69 Å². The van der Waals surface area contributed by atoms with E-state index in [1.807, 2.05) is 55.5 Å². The number of anilines is 1. The van der Waals surface area contributed by atoms with Gasteiger partial charge in [-0.3, -0.25) is 4.79 Å². The molecule has 5 rings (SSSR count). The van der Waals surface area contributed by atoms with Gasteiger partial charge in [-0.05, 0) is 71.8 Å². The van der Waals surface area contributed by atoms with Gasteiger partial charge in [-0.15, -0.1) is 11.8 Å². The van der Waals surface area contributed by atoms with Crippen LogP contribution >= 0.6 is 27.7 Å². The number of carbonyl (C=O) groups excluding carboxylic acids is 2. The number of benzene rings is 3. The van der Waals surface area contributed by atoms with E-state index in [-0.39, 0.29) is 23.8 Å². The summed E-state index contributed by atoms with van der Waals surface area (Å²) in [6, 6.07) is 22.1. The minimum atomic E-state index is -0.330. The molecule has 1 heterocycles. The van der Waals surface area contributed by atoms with Crippen LogP contribution in [0.3, 0.4) is 0 Å². The summed E-state index contributed by atoms with van der Waals surface area (Å²) >= 11 is 5.10. The van der Waals surface area contributed by atoms with Crippen molar-refractivity contribution in [3.05, 3.63) is 111 Å². The molecule has 0 unspecified atom stereocenters. The van der Waals surface area contributed by atoms with Gasteiger partial charge in [0, 0.05) is 21.8 Å². The highest BCUT2D eigenvalue weighted by Gasteiger charge is 2.38. The molecule has 2 N–H and O–H groups in total. The molecule has 1 aliphatic carbocycles. The van der Waals surface area contributed by atoms with Gasteiger partial charge in [-0.2, -0.15) is 5.10 Å². The smallest absolute Gasteiger partial charge is 0.337 e. The van der Waals surface area contributed by atoms with E-state index in [1.54, 1.807) is 11.8 Å². The number of amides is 1. The first-order chi connectivity index (χ1) is 18.9. The number of nitrogens with zero attached hydrogens (tertiary/aromatic N) is 1. The van der Waals surface area contributed by atoms with Gasteiger partial charge < -0.3 is 10.1 Å². The number of esters is 1. The first-order valence-electron chi connectivity index (χ1n) is 12.8. The number of carbonyl (C=O) groups is 2. The monoisotopic (exact) mass is 603 g/mol. The maximum atomic E-state index is 12.4. The molecule has 0 radical (unpaired) electrons. The van der Waals surface area contributed by atoms with Crippen molar-refractivity contribution < 1.29 is 14.3 Å². The van der Waals surface area contributed by atoms with E-state index >= 15 is 0 Å². The first-order valence-corrected chi connectivity index (χ1v) is 14.8. The number of nitrogens with one attached hydrogen (secondary N) is 2. The summed E-state index contributed by atoms with van der Waals surface area (Å²) in [5, 5.41) is 8.11. The summed E-state index contributed by atoms with van der Waals surface area (Å²) in [5.41, 5.74) is 9.64. The molecule has 8 heteroatoms. The predicted octanol–water partition coefficient (Wildman–Crippen LogP) is 6.84. The van der Waals surface area contributed by atoms with Crippen molar-refractivity contribution in [2.75, 3.05) is 18.2 Å². The Morgan fingerprint density at radius 3 is 2.64 bits per heavy atom. The minimum Gasteiger partial charge on any atom is -0.465 e. The fourth-order valence-corrected chi connectivity index (χ4v) is 6.64. The second-order valence-corrected chi connectivity index (χ2v) is 11.5.